The summed E-state index contributed by atoms with van der Waals surface area (Å²) in [6.07, 6.45) is 0. The maximum atomic E-state index is 2.43. The Balaban J connectivity index is 0.000000142. The van der Waals surface area contributed by atoms with Crippen LogP contribution in [0.2, 0.25) is 0 Å². The summed E-state index contributed by atoms with van der Waals surface area (Å²) in [5.41, 5.74) is 35.8. The molecular formula is C141H94N4S. The van der Waals surface area contributed by atoms with E-state index in [0.29, 0.717) is 0 Å². The summed E-state index contributed by atoms with van der Waals surface area (Å²) < 4.78 is 7.48. The van der Waals surface area contributed by atoms with Crippen molar-refractivity contribution in [2.75, 3.05) is 9.80 Å². The van der Waals surface area contributed by atoms with Crippen LogP contribution in [0.15, 0.2) is 534 Å². The summed E-state index contributed by atoms with van der Waals surface area (Å²) in [5.74, 6) is 0. The van der Waals surface area contributed by atoms with Crippen LogP contribution in [-0.4, -0.2) is 9.13 Å². The number of nitrogens with zero attached hydrogens (tertiary/aromatic N) is 4. The van der Waals surface area contributed by atoms with Gasteiger partial charge in [0, 0.05) is 92.6 Å². The first-order chi connectivity index (χ1) is 72.1. The molecule has 4 nitrogen and oxygen atoms in total. The van der Waals surface area contributed by atoms with Gasteiger partial charge in [0.1, 0.15) is 0 Å². The second-order valence-electron chi connectivity index (χ2n) is 39.3. The number of fused-ring (bicyclic) bond motifs is 24. The lowest BCUT2D eigenvalue weighted by molar-refractivity contribution is 0.660. The van der Waals surface area contributed by atoms with E-state index in [1.54, 1.807) is 0 Å². The monoisotopic (exact) mass is 1870 g/mol. The zero-order valence-corrected chi connectivity index (χ0v) is 81.3. The second kappa shape index (κ2) is 35.0. The molecule has 29 rings (SSSR count). The summed E-state index contributed by atoms with van der Waals surface area (Å²) in [4.78, 5) is 4.76. The summed E-state index contributed by atoms with van der Waals surface area (Å²) in [6.45, 7) is 4.70. The Morgan fingerprint density at radius 3 is 0.904 bits per heavy atom. The van der Waals surface area contributed by atoms with Crippen LogP contribution in [0.5, 0.6) is 0 Å². The molecule has 25 aromatic carbocycles. The predicted octanol–water partition coefficient (Wildman–Crippen LogP) is 39.8. The van der Waals surface area contributed by atoms with Crippen LogP contribution in [0.3, 0.4) is 0 Å². The highest BCUT2D eigenvalue weighted by Gasteiger charge is 2.36. The highest BCUT2D eigenvalue weighted by molar-refractivity contribution is 7.26. The average molecular weight is 1880 g/mol. The van der Waals surface area contributed by atoms with Gasteiger partial charge in [0.15, 0.2) is 0 Å². The molecule has 0 unspecified atom stereocenters. The van der Waals surface area contributed by atoms with Crippen LogP contribution in [0, 0.1) is 0 Å². The van der Waals surface area contributed by atoms with E-state index >= 15 is 0 Å². The molecular weight excluding hydrogens is 1780 g/mol. The van der Waals surface area contributed by atoms with E-state index in [2.05, 4.69) is 567 Å². The van der Waals surface area contributed by atoms with Gasteiger partial charge >= 0.3 is 0 Å². The Hall–Kier alpha value is -18.5. The quantitative estimate of drug-likeness (QED) is 0.0951. The van der Waals surface area contributed by atoms with E-state index in [1.165, 1.54) is 229 Å². The van der Waals surface area contributed by atoms with E-state index in [0.717, 1.165) is 45.5 Å². The third-order valence-electron chi connectivity index (χ3n) is 30.8. The van der Waals surface area contributed by atoms with Crippen LogP contribution in [0.25, 0.3) is 229 Å². The minimum absolute atomic E-state index is 0.0917. The fraction of sp³-hybridized carbons (Fsp3) is 0.0213. The van der Waals surface area contributed by atoms with Gasteiger partial charge < -0.3 is 18.9 Å². The van der Waals surface area contributed by atoms with Crippen molar-refractivity contribution in [2.24, 2.45) is 0 Å². The molecule has 0 saturated heterocycles. The molecule has 0 aliphatic heterocycles. The van der Waals surface area contributed by atoms with Gasteiger partial charge in [0.25, 0.3) is 0 Å². The van der Waals surface area contributed by atoms with Crippen molar-refractivity contribution in [1.82, 2.24) is 9.13 Å². The Labute approximate surface area is 851 Å². The van der Waals surface area contributed by atoms with Crippen molar-refractivity contribution < 1.29 is 0 Å². The van der Waals surface area contributed by atoms with Crippen molar-refractivity contribution in [2.45, 2.75) is 19.3 Å². The molecule has 0 amide bonds. The van der Waals surface area contributed by atoms with E-state index in [9.17, 15) is 0 Å². The Kier molecular flexibility index (Phi) is 20.5. The van der Waals surface area contributed by atoms with E-state index in [4.69, 9.17) is 0 Å². The van der Waals surface area contributed by atoms with Crippen LogP contribution < -0.4 is 9.80 Å². The van der Waals surface area contributed by atoms with Gasteiger partial charge in [0.05, 0.1) is 22.1 Å². The topological polar surface area (TPSA) is 16.3 Å². The van der Waals surface area contributed by atoms with Crippen molar-refractivity contribution in [1.29, 1.82) is 0 Å². The molecule has 0 spiro atoms. The zero-order valence-electron chi connectivity index (χ0n) is 80.5. The first-order valence-electron chi connectivity index (χ1n) is 50.5. The second-order valence-corrected chi connectivity index (χ2v) is 40.4. The third-order valence-corrected chi connectivity index (χ3v) is 31.9. The lowest BCUT2D eigenvalue weighted by Crippen LogP contribution is -2.16. The first-order valence-corrected chi connectivity index (χ1v) is 51.3. The first kappa shape index (κ1) is 85.5. The molecule has 5 heteroatoms. The zero-order chi connectivity index (χ0) is 96.6. The number of rotatable bonds is 15. The van der Waals surface area contributed by atoms with Crippen LogP contribution >= 0.6 is 11.3 Å². The van der Waals surface area contributed by atoms with Gasteiger partial charge in [-0.15, -0.1) is 11.3 Å². The lowest BCUT2D eigenvalue weighted by Gasteiger charge is -2.28. The van der Waals surface area contributed by atoms with Crippen molar-refractivity contribution in [3.8, 4) is 100 Å². The molecule has 0 saturated carbocycles. The molecule has 1 aliphatic rings. The van der Waals surface area contributed by atoms with Crippen molar-refractivity contribution in [3.05, 3.63) is 545 Å². The third kappa shape index (κ3) is 14.5. The lowest BCUT2D eigenvalue weighted by atomic mass is 9.82. The van der Waals surface area contributed by atoms with E-state index < -0.39 is 0 Å². The number of anilines is 6. The highest BCUT2D eigenvalue weighted by atomic mass is 32.1. The van der Waals surface area contributed by atoms with Gasteiger partial charge in [-0.25, -0.2) is 0 Å². The van der Waals surface area contributed by atoms with Crippen molar-refractivity contribution in [3.63, 3.8) is 0 Å². The Bertz CT molecular complexity index is 9970. The number of benzene rings is 25. The number of thiophene rings is 1. The molecule has 0 N–H and O–H groups in total. The van der Waals surface area contributed by atoms with Crippen LogP contribution in [0.1, 0.15) is 25.0 Å². The van der Waals surface area contributed by atoms with Gasteiger partial charge in [-0.1, -0.05) is 384 Å². The Morgan fingerprint density at radius 2 is 0.445 bits per heavy atom. The molecule has 3 aromatic heterocycles. The summed E-state index contributed by atoms with van der Waals surface area (Å²) in [5, 5.41) is 23.1. The van der Waals surface area contributed by atoms with E-state index in [1.807, 2.05) is 11.3 Å². The van der Waals surface area contributed by atoms with Gasteiger partial charge in [-0.05, 0) is 329 Å². The SMILES string of the molecule is CC1(C)c2ccccc2-c2ccc(N(c3ccccc3)c3ccc(-c4ccc5c(c4)c4cc(-c6ccccc6)ccc4n5-c4ccc(-c5ccc6c7ccccc7c7ccccc7c6c5)cc4)cc3)cc21.c1ccc(-c2ccc(N(c3ccc(-c4ccc5c(c4)c4ccccc4n5-c4ccc(-c5ccc6c7ccccc7c7ccccc7c6c5)cc4)cc3)c3ccc(-c4cccc5sc6ccccc6c45)cc3)cc2)cc1. The summed E-state index contributed by atoms with van der Waals surface area (Å²) in [6, 6.07) is 197. The molecule has 684 valence electrons. The number of aromatic nitrogens is 2. The maximum Gasteiger partial charge on any atom is 0.0541 e. The molecule has 0 bridgehead atoms. The van der Waals surface area contributed by atoms with Gasteiger partial charge in [-0.2, -0.15) is 0 Å². The number of hydrogen-bond donors (Lipinski definition) is 0. The fourth-order valence-electron chi connectivity index (χ4n) is 23.6. The number of para-hydroxylation sites is 2. The number of hydrogen-bond acceptors (Lipinski definition) is 3. The van der Waals surface area contributed by atoms with Crippen molar-refractivity contribution >= 4 is 174 Å². The summed E-state index contributed by atoms with van der Waals surface area (Å²) >= 11 is 1.86. The normalized spacial score (nSPS) is 12.2. The molecule has 28 aromatic rings. The molecule has 0 radical (unpaired) electrons. The standard InChI is InChI=1S/C72H46N2S.C69H48N2/c1-2-13-47(14-3-1)48-25-35-54(36-26-48)73(56-41-31-51(32-42-56)58-21-12-24-71-72(58)65-20-9-11-23-70(65)75-71)55-37-27-50(28-38-55)53-34-44-69-67(46-53)64-19-8-10-22-68(64)74(69)57-39-29-49(30-40-57)52-33-43-63-61-17-5-4-15-59(61)60-16-6-7-18-62(60)66(63)45-52;1-69(2)65-24-14-13-23-60(65)61-38-36-54(44-66(61)69)70(51-17-7-4-8-18-51)52-32-25-47(26-33-52)50-31-40-68-64(43-50)63-42-49(45-15-5-3-6-16-45)30-39-67(63)71(68)53-34-27-46(28-35-53)48-29-37-59-57-21-10-9-19-55(57)56-20-11-12-22-58(56)62(59)41-48/h1-46H;3-44H,1-2H3. The van der Waals surface area contributed by atoms with E-state index in [-0.39, 0.29) is 5.41 Å². The van der Waals surface area contributed by atoms with Gasteiger partial charge in [0.2, 0.25) is 0 Å². The minimum atomic E-state index is -0.0917. The molecule has 0 atom stereocenters. The average Bonchev–Trinajstić information content (AvgIpc) is 1.47. The fourth-order valence-corrected chi connectivity index (χ4v) is 24.8. The van der Waals surface area contributed by atoms with Gasteiger partial charge in [-0.3, -0.25) is 0 Å². The predicted molar refractivity (Wildman–Crippen MR) is 624 cm³/mol. The molecule has 1 aliphatic carbocycles. The smallest absolute Gasteiger partial charge is 0.0541 e. The molecule has 146 heavy (non-hydrogen) atoms. The maximum absolute atomic E-state index is 2.43. The van der Waals surface area contributed by atoms with Crippen LogP contribution in [0.4, 0.5) is 34.1 Å². The largest absolute Gasteiger partial charge is 0.311 e. The molecule has 3 heterocycles. The molecule has 0 fully saturated rings. The highest BCUT2D eigenvalue weighted by Crippen LogP contribution is 2.53. The van der Waals surface area contributed by atoms with Crippen LogP contribution in [-0.2, 0) is 5.41 Å². The summed E-state index contributed by atoms with van der Waals surface area (Å²) in [7, 11) is 0. The Morgan fingerprint density at radius 1 is 0.164 bits per heavy atom. The minimum Gasteiger partial charge on any atom is -0.311 e.